The number of benzene rings is 2. The average molecular weight is 283 g/mol. The van der Waals surface area contributed by atoms with Crippen LogP contribution < -0.4 is 11.2 Å². The first-order chi connectivity index (χ1) is 10.2. The monoisotopic (exact) mass is 283 g/mol. The molecule has 0 saturated carbocycles. The van der Waals surface area contributed by atoms with E-state index in [4.69, 9.17) is 5.73 Å². The van der Waals surface area contributed by atoms with E-state index < -0.39 is 0 Å². The van der Waals surface area contributed by atoms with Crippen LogP contribution in [0, 0.1) is 5.82 Å². The summed E-state index contributed by atoms with van der Waals surface area (Å²) in [6.45, 7) is 0.693. The summed E-state index contributed by atoms with van der Waals surface area (Å²) in [4.78, 5) is 11.8. The van der Waals surface area contributed by atoms with Crippen LogP contribution in [0.15, 0.2) is 53.5 Å². The maximum Gasteiger partial charge on any atom is 0.207 e. The van der Waals surface area contributed by atoms with E-state index in [1.165, 1.54) is 18.3 Å². The van der Waals surface area contributed by atoms with Gasteiger partial charge in [0.2, 0.25) is 5.43 Å². The van der Waals surface area contributed by atoms with Crippen LogP contribution in [0.1, 0.15) is 11.1 Å². The molecule has 2 aromatic carbocycles. The Labute approximate surface area is 120 Å². The van der Waals surface area contributed by atoms with E-state index in [1.54, 1.807) is 16.8 Å². The van der Waals surface area contributed by atoms with Gasteiger partial charge in [0.1, 0.15) is 5.82 Å². The van der Waals surface area contributed by atoms with Crippen LogP contribution in [0.4, 0.5) is 4.39 Å². The summed E-state index contributed by atoms with van der Waals surface area (Å²) >= 11 is 0. The molecular formula is C16H14FN3O. The van der Waals surface area contributed by atoms with Crippen LogP contribution in [0.2, 0.25) is 0 Å². The number of nitrogens with zero attached hydrogens (tertiary/aromatic N) is 2. The van der Waals surface area contributed by atoms with Crippen molar-refractivity contribution in [1.82, 2.24) is 9.78 Å². The molecule has 0 fully saturated rings. The highest BCUT2D eigenvalue weighted by atomic mass is 19.1. The van der Waals surface area contributed by atoms with Gasteiger partial charge in [-0.25, -0.2) is 4.39 Å². The molecule has 3 rings (SSSR count). The highest BCUT2D eigenvalue weighted by Crippen LogP contribution is 2.15. The number of fused-ring (bicyclic) bond motifs is 1. The van der Waals surface area contributed by atoms with Gasteiger partial charge in [-0.15, -0.1) is 0 Å². The minimum atomic E-state index is -0.308. The molecule has 1 aromatic heterocycles. The molecule has 2 N–H and O–H groups in total. The number of rotatable bonds is 3. The molecule has 21 heavy (non-hydrogen) atoms. The predicted molar refractivity (Wildman–Crippen MR) is 79.4 cm³/mol. The third-order valence-electron chi connectivity index (χ3n) is 3.47. The summed E-state index contributed by atoms with van der Waals surface area (Å²) in [5.41, 5.74) is 7.92. The van der Waals surface area contributed by atoms with E-state index in [0.717, 1.165) is 16.6 Å². The number of halogens is 1. The summed E-state index contributed by atoms with van der Waals surface area (Å²) in [7, 11) is 0. The van der Waals surface area contributed by atoms with Crippen molar-refractivity contribution in [3.05, 3.63) is 75.8 Å². The standard InChI is InChI=1S/C16H14FN3O/c17-13-6-5-11(12(7-13)8-18)10-20-15-4-2-1-3-14(15)16(21)9-19-20/h1-7,9H,8,10,18H2. The lowest BCUT2D eigenvalue weighted by molar-refractivity contribution is 0.621. The molecule has 0 amide bonds. The topological polar surface area (TPSA) is 60.9 Å². The van der Waals surface area contributed by atoms with Gasteiger partial charge in [0.05, 0.1) is 18.3 Å². The van der Waals surface area contributed by atoms with E-state index in [-0.39, 0.29) is 17.8 Å². The number of nitrogens with two attached hydrogens (primary N) is 1. The zero-order valence-electron chi connectivity index (χ0n) is 11.3. The number of hydrogen-bond acceptors (Lipinski definition) is 3. The molecule has 4 nitrogen and oxygen atoms in total. The highest BCUT2D eigenvalue weighted by Gasteiger charge is 2.07. The summed E-state index contributed by atoms with van der Waals surface area (Å²) < 4.78 is 15.0. The number of para-hydroxylation sites is 1. The van der Waals surface area contributed by atoms with Gasteiger partial charge in [-0.05, 0) is 35.4 Å². The highest BCUT2D eigenvalue weighted by molar-refractivity contribution is 5.78. The number of hydrogen-bond donors (Lipinski definition) is 1. The summed E-state index contributed by atoms with van der Waals surface area (Å²) in [6, 6.07) is 11.8. The molecule has 5 heteroatoms. The van der Waals surface area contributed by atoms with Crippen LogP contribution in [0.25, 0.3) is 10.9 Å². The van der Waals surface area contributed by atoms with Crippen molar-refractivity contribution < 1.29 is 4.39 Å². The first-order valence-electron chi connectivity index (χ1n) is 6.61. The molecular weight excluding hydrogens is 269 g/mol. The van der Waals surface area contributed by atoms with E-state index in [2.05, 4.69) is 5.10 Å². The fraction of sp³-hybridized carbons (Fsp3) is 0.125. The number of aromatic nitrogens is 2. The Hall–Kier alpha value is -2.53. The molecule has 1 heterocycles. The summed E-state index contributed by atoms with van der Waals surface area (Å²) in [5.74, 6) is -0.308. The fourth-order valence-corrected chi connectivity index (χ4v) is 2.39. The van der Waals surface area contributed by atoms with Crippen molar-refractivity contribution in [3.8, 4) is 0 Å². The van der Waals surface area contributed by atoms with Crippen LogP contribution in [0.5, 0.6) is 0 Å². The molecule has 0 radical (unpaired) electrons. The predicted octanol–water partition coefficient (Wildman–Crippen LogP) is 2.04. The molecule has 0 aliphatic heterocycles. The minimum absolute atomic E-state index is 0.111. The first-order valence-corrected chi connectivity index (χ1v) is 6.61. The molecule has 0 bridgehead atoms. The Morgan fingerprint density at radius 2 is 1.95 bits per heavy atom. The van der Waals surface area contributed by atoms with E-state index in [0.29, 0.717) is 11.9 Å². The Morgan fingerprint density at radius 3 is 2.76 bits per heavy atom. The second-order valence-electron chi connectivity index (χ2n) is 4.80. The Bertz CT molecular complexity index is 858. The van der Waals surface area contributed by atoms with Gasteiger partial charge in [-0.3, -0.25) is 9.48 Å². The van der Waals surface area contributed by atoms with Crippen LogP contribution in [-0.4, -0.2) is 9.78 Å². The summed E-state index contributed by atoms with van der Waals surface area (Å²) in [5, 5.41) is 4.78. The third-order valence-corrected chi connectivity index (χ3v) is 3.47. The normalized spacial score (nSPS) is 11.0. The van der Waals surface area contributed by atoms with Crippen molar-refractivity contribution in [2.24, 2.45) is 5.73 Å². The lowest BCUT2D eigenvalue weighted by Crippen LogP contribution is -2.14. The maximum absolute atomic E-state index is 13.3. The van der Waals surface area contributed by atoms with E-state index in [1.807, 2.05) is 18.2 Å². The van der Waals surface area contributed by atoms with Gasteiger partial charge < -0.3 is 5.73 Å². The van der Waals surface area contributed by atoms with Crippen molar-refractivity contribution in [1.29, 1.82) is 0 Å². The van der Waals surface area contributed by atoms with Crippen molar-refractivity contribution in [3.63, 3.8) is 0 Å². The molecule has 0 aliphatic rings. The molecule has 0 aliphatic carbocycles. The second kappa shape index (κ2) is 5.46. The van der Waals surface area contributed by atoms with Crippen LogP contribution in [0.3, 0.4) is 0 Å². The quantitative estimate of drug-likeness (QED) is 0.800. The molecule has 0 atom stereocenters. The van der Waals surface area contributed by atoms with E-state index in [9.17, 15) is 9.18 Å². The van der Waals surface area contributed by atoms with Gasteiger partial charge >= 0.3 is 0 Å². The van der Waals surface area contributed by atoms with Gasteiger partial charge in [0.15, 0.2) is 0 Å². The Morgan fingerprint density at radius 1 is 1.14 bits per heavy atom. The van der Waals surface area contributed by atoms with Crippen molar-refractivity contribution in [2.45, 2.75) is 13.1 Å². The molecule has 0 unspecified atom stereocenters. The molecule has 106 valence electrons. The zero-order chi connectivity index (χ0) is 14.8. The smallest absolute Gasteiger partial charge is 0.207 e. The van der Waals surface area contributed by atoms with E-state index >= 15 is 0 Å². The van der Waals surface area contributed by atoms with Crippen LogP contribution >= 0.6 is 0 Å². The summed E-state index contributed by atoms with van der Waals surface area (Å²) in [6.07, 6.45) is 1.30. The Kier molecular flexibility index (Phi) is 3.50. The Balaban J connectivity index is 2.11. The third kappa shape index (κ3) is 2.55. The first kappa shape index (κ1) is 13.5. The lowest BCUT2D eigenvalue weighted by atomic mass is 10.1. The van der Waals surface area contributed by atoms with Crippen molar-refractivity contribution in [2.75, 3.05) is 0 Å². The average Bonchev–Trinajstić information content (AvgIpc) is 2.52. The van der Waals surface area contributed by atoms with Gasteiger partial charge in [-0.2, -0.15) is 5.10 Å². The van der Waals surface area contributed by atoms with Gasteiger partial charge in [0, 0.05) is 11.9 Å². The van der Waals surface area contributed by atoms with Crippen molar-refractivity contribution >= 4 is 10.9 Å². The maximum atomic E-state index is 13.3. The second-order valence-corrected chi connectivity index (χ2v) is 4.80. The molecule has 0 spiro atoms. The lowest BCUT2D eigenvalue weighted by Gasteiger charge is -2.12. The van der Waals surface area contributed by atoms with Crippen LogP contribution in [-0.2, 0) is 13.1 Å². The zero-order valence-corrected chi connectivity index (χ0v) is 11.3. The fourth-order valence-electron chi connectivity index (χ4n) is 2.39. The largest absolute Gasteiger partial charge is 0.326 e. The van der Waals surface area contributed by atoms with Gasteiger partial charge in [0.25, 0.3) is 0 Å². The SMILES string of the molecule is NCc1cc(F)ccc1Cn1ncc(=O)c2ccccc21. The molecule has 0 saturated heterocycles. The molecule has 3 aromatic rings. The minimum Gasteiger partial charge on any atom is -0.326 e. The van der Waals surface area contributed by atoms with Gasteiger partial charge in [-0.1, -0.05) is 18.2 Å².